The van der Waals surface area contributed by atoms with Crippen molar-refractivity contribution >= 4 is 44.2 Å². The van der Waals surface area contributed by atoms with E-state index in [1.54, 1.807) is 4.90 Å². The van der Waals surface area contributed by atoms with Gasteiger partial charge in [0.05, 0.1) is 29.8 Å². The molecule has 0 bridgehead atoms. The molecule has 0 radical (unpaired) electrons. The molecule has 4 rings (SSSR count). The number of ether oxygens (including phenoxy) is 1. The average Bonchev–Trinajstić information content (AvgIpc) is 3.16. The number of fused-ring (bicyclic) bond motifs is 1. The van der Waals surface area contributed by atoms with Crippen molar-refractivity contribution in [2.75, 3.05) is 11.5 Å². The van der Waals surface area contributed by atoms with Gasteiger partial charge in [0.1, 0.15) is 5.75 Å². The summed E-state index contributed by atoms with van der Waals surface area (Å²) in [6.07, 6.45) is 0.262. The van der Waals surface area contributed by atoms with E-state index < -0.39 is 0 Å². The van der Waals surface area contributed by atoms with Crippen LogP contribution < -0.4 is 9.64 Å². The Balaban J connectivity index is 1.54. The first-order valence-electron chi connectivity index (χ1n) is 9.27. The highest BCUT2D eigenvalue weighted by molar-refractivity contribution is 7.22. The van der Waals surface area contributed by atoms with Crippen molar-refractivity contribution in [3.8, 4) is 5.75 Å². The van der Waals surface area contributed by atoms with Gasteiger partial charge >= 0.3 is 0 Å². The van der Waals surface area contributed by atoms with E-state index >= 15 is 0 Å². The van der Waals surface area contributed by atoms with E-state index in [-0.39, 0.29) is 12.3 Å². The Morgan fingerprint density at radius 1 is 1.00 bits per heavy atom. The van der Waals surface area contributed by atoms with Crippen molar-refractivity contribution in [3.05, 3.63) is 89.4 Å². The molecule has 4 nitrogen and oxygen atoms in total. The first kappa shape index (κ1) is 19.4. The lowest BCUT2D eigenvalue weighted by Gasteiger charge is -2.20. The van der Waals surface area contributed by atoms with Crippen molar-refractivity contribution in [2.24, 2.45) is 0 Å². The van der Waals surface area contributed by atoms with Crippen LogP contribution in [0.5, 0.6) is 5.75 Å². The molecule has 0 aliphatic carbocycles. The van der Waals surface area contributed by atoms with Crippen LogP contribution in [-0.2, 0) is 11.3 Å². The number of amides is 1. The Bertz CT molecular complexity index is 1100. The molecule has 0 atom stereocenters. The standard InChI is InChI=1S/C23H19ClN2O2S/c24-18-11-12-20-21(15-18)29-23(25-20)26(16-17-7-3-1-4-8-17)22(27)13-14-28-19-9-5-2-6-10-19/h1-12,15H,13-14,16H2. The van der Waals surface area contributed by atoms with Crippen LogP contribution >= 0.6 is 22.9 Å². The van der Waals surface area contributed by atoms with Crippen molar-refractivity contribution < 1.29 is 9.53 Å². The predicted octanol–water partition coefficient (Wildman–Crippen LogP) is 5.95. The molecular weight excluding hydrogens is 404 g/mol. The van der Waals surface area contributed by atoms with Crippen LogP contribution in [0.2, 0.25) is 5.02 Å². The van der Waals surface area contributed by atoms with Gasteiger partial charge in [-0.2, -0.15) is 0 Å². The van der Waals surface area contributed by atoms with E-state index in [1.165, 1.54) is 11.3 Å². The molecule has 146 valence electrons. The summed E-state index contributed by atoms with van der Waals surface area (Å²) in [5, 5.41) is 1.32. The van der Waals surface area contributed by atoms with Crippen LogP contribution in [0.15, 0.2) is 78.9 Å². The van der Waals surface area contributed by atoms with Gasteiger partial charge in [0.2, 0.25) is 5.91 Å². The molecule has 0 aliphatic heterocycles. The summed E-state index contributed by atoms with van der Waals surface area (Å²) in [6, 6.07) is 25.0. The molecule has 1 amide bonds. The van der Waals surface area contributed by atoms with E-state index in [4.69, 9.17) is 16.3 Å². The Morgan fingerprint density at radius 2 is 1.72 bits per heavy atom. The van der Waals surface area contributed by atoms with Gasteiger partial charge in [0.25, 0.3) is 0 Å². The summed E-state index contributed by atoms with van der Waals surface area (Å²) < 4.78 is 6.66. The fourth-order valence-corrected chi connectivity index (χ4v) is 4.20. The van der Waals surface area contributed by atoms with E-state index in [0.29, 0.717) is 23.3 Å². The Labute approximate surface area is 178 Å². The zero-order valence-electron chi connectivity index (χ0n) is 15.6. The summed E-state index contributed by atoms with van der Waals surface area (Å²) in [7, 11) is 0. The Kier molecular flexibility index (Phi) is 6.08. The third-order valence-electron chi connectivity index (χ3n) is 4.38. The highest BCUT2D eigenvalue weighted by atomic mass is 35.5. The van der Waals surface area contributed by atoms with Gasteiger partial charge < -0.3 is 4.74 Å². The SMILES string of the molecule is O=C(CCOc1ccccc1)N(Cc1ccccc1)c1nc2ccc(Cl)cc2s1. The van der Waals surface area contributed by atoms with Crippen LogP contribution in [-0.4, -0.2) is 17.5 Å². The van der Waals surface area contributed by atoms with Gasteiger partial charge in [0, 0.05) is 5.02 Å². The molecule has 3 aromatic carbocycles. The lowest BCUT2D eigenvalue weighted by atomic mass is 10.2. The predicted molar refractivity (Wildman–Crippen MR) is 119 cm³/mol. The molecule has 1 heterocycles. The molecular formula is C23H19ClN2O2S. The number of hydrogen-bond donors (Lipinski definition) is 0. The number of benzene rings is 3. The van der Waals surface area contributed by atoms with Crippen molar-refractivity contribution in [1.29, 1.82) is 0 Å². The number of carbonyl (C=O) groups excluding carboxylic acids is 1. The zero-order valence-corrected chi connectivity index (χ0v) is 17.2. The number of halogens is 1. The third kappa shape index (κ3) is 4.94. The number of carbonyl (C=O) groups is 1. The number of hydrogen-bond acceptors (Lipinski definition) is 4. The van der Waals surface area contributed by atoms with E-state index in [1.807, 2.05) is 78.9 Å². The average molecular weight is 423 g/mol. The number of anilines is 1. The molecule has 0 fully saturated rings. The molecule has 0 saturated carbocycles. The molecule has 1 aromatic heterocycles. The second-order valence-electron chi connectivity index (χ2n) is 6.49. The molecule has 0 unspecified atom stereocenters. The quantitative estimate of drug-likeness (QED) is 0.369. The maximum atomic E-state index is 13.1. The van der Waals surface area contributed by atoms with Crippen LogP contribution in [0, 0.1) is 0 Å². The first-order valence-corrected chi connectivity index (χ1v) is 10.5. The lowest BCUT2D eigenvalue weighted by molar-refractivity contribution is -0.119. The number of nitrogens with zero attached hydrogens (tertiary/aromatic N) is 2. The summed E-state index contributed by atoms with van der Waals surface area (Å²) in [5.74, 6) is 0.722. The van der Waals surface area contributed by atoms with Gasteiger partial charge in [-0.15, -0.1) is 0 Å². The molecule has 0 aliphatic rings. The normalized spacial score (nSPS) is 10.8. The number of aromatic nitrogens is 1. The summed E-state index contributed by atoms with van der Waals surface area (Å²) >= 11 is 7.57. The topological polar surface area (TPSA) is 42.4 Å². The summed E-state index contributed by atoms with van der Waals surface area (Å²) in [6.45, 7) is 0.767. The number of thiazole rings is 1. The molecule has 6 heteroatoms. The minimum absolute atomic E-state index is 0.0325. The van der Waals surface area contributed by atoms with E-state index in [9.17, 15) is 4.79 Å². The van der Waals surface area contributed by atoms with E-state index in [2.05, 4.69) is 4.98 Å². The molecule has 0 saturated heterocycles. The number of para-hydroxylation sites is 1. The molecule has 29 heavy (non-hydrogen) atoms. The minimum Gasteiger partial charge on any atom is -0.493 e. The zero-order chi connectivity index (χ0) is 20.1. The van der Waals surface area contributed by atoms with E-state index in [0.717, 1.165) is 21.5 Å². The van der Waals surface area contributed by atoms with Crippen LogP contribution in [0.1, 0.15) is 12.0 Å². The van der Waals surface area contributed by atoms with Crippen molar-refractivity contribution in [1.82, 2.24) is 4.98 Å². The van der Waals surface area contributed by atoms with Crippen LogP contribution in [0.3, 0.4) is 0 Å². The third-order valence-corrected chi connectivity index (χ3v) is 5.66. The first-order chi connectivity index (χ1) is 14.2. The highest BCUT2D eigenvalue weighted by Crippen LogP contribution is 2.32. The maximum absolute atomic E-state index is 13.1. The fraction of sp³-hybridized carbons (Fsp3) is 0.130. The van der Waals surface area contributed by atoms with Gasteiger partial charge in [-0.05, 0) is 35.9 Å². The summed E-state index contributed by atoms with van der Waals surface area (Å²) in [4.78, 5) is 19.5. The van der Waals surface area contributed by atoms with Gasteiger partial charge in [-0.3, -0.25) is 9.69 Å². The summed E-state index contributed by atoms with van der Waals surface area (Å²) in [5.41, 5.74) is 1.88. The van der Waals surface area contributed by atoms with Crippen molar-refractivity contribution in [2.45, 2.75) is 13.0 Å². The van der Waals surface area contributed by atoms with Crippen LogP contribution in [0.4, 0.5) is 5.13 Å². The van der Waals surface area contributed by atoms with Gasteiger partial charge in [0.15, 0.2) is 5.13 Å². The van der Waals surface area contributed by atoms with Crippen LogP contribution in [0.25, 0.3) is 10.2 Å². The van der Waals surface area contributed by atoms with Gasteiger partial charge in [-0.1, -0.05) is 71.5 Å². The van der Waals surface area contributed by atoms with Crippen molar-refractivity contribution in [3.63, 3.8) is 0 Å². The minimum atomic E-state index is -0.0325. The molecule has 0 spiro atoms. The maximum Gasteiger partial charge on any atom is 0.232 e. The second kappa shape index (κ2) is 9.07. The fourth-order valence-electron chi connectivity index (χ4n) is 2.94. The monoisotopic (exact) mass is 422 g/mol. The van der Waals surface area contributed by atoms with Gasteiger partial charge in [-0.25, -0.2) is 4.98 Å². The Morgan fingerprint density at radius 3 is 2.48 bits per heavy atom. The molecule has 4 aromatic rings. The largest absolute Gasteiger partial charge is 0.493 e. The lowest BCUT2D eigenvalue weighted by Crippen LogP contribution is -2.31. The number of rotatable bonds is 7. The Hall–Kier alpha value is -2.89. The highest BCUT2D eigenvalue weighted by Gasteiger charge is 2.20. The smallest absolute Gasteiger partial charge is 0.232 e. The molecule has 0 N–H and O–H groups in total. The second-order valence-corrected chi connectivity index (χ2v) is 7.93.